The fraction of sp³-hybridized carbons (Fsp3) is 1.00. The Labute approximate surface area is 153 Å². The molecule has 0 aromatic carbocycles. The summed E-state index contributed by atoms with van der Waals surface area (Å²) in [5.41, 5.74) is 0.388. The molecule has 0 amide bonds. The van der Waals surface area contributed by atoms with Crippen LogP contribution in [-0.2, 0) is 13.3 Å². The first-order chi connectivity index (χ1) is 11.5. The summed E-state index contributed by atoms with van der Waals surface area (Å²) in [6, 6.07) is 0. The van der Waals surface area contributed by atoms with E-state index in [1.54, 1.807) is 0 Å². The van der Waals surface area contributed by atoms with Gasteiger partial charge >= 0.3 is 8.80 Å². The van der Waals surface area contributed by atoms with Gasteiger partial charge in [-0.2, -0.15) is 0 Å². The Morgan fingerprint density at radius 1 is 0.458 bits per heavy atom. The molecule has 0 aliphatic carbocycles. The van der Waals surface area contributed by atoms with Gasteiger partial charge in [-0.05, 0) is 51.4 Å². The maximum Gasteiger partial charge on any atom is 0.504 e. The van der Waals surface area contributed by atoms with Gasteiger partial charge in [-0.15, -0.1) is 0 Å². The second-order valence-electron chi connectivity index (χ2n) is 6.79. The summed E-state index contributed by atoms with van der Waals surface area (Å²) in [5, 5.41) is 0. The topological polar surface area (TPSA) is 27.7 Å². The van der Waals surface area contributed by atoms with E-state index in [0.717, 1.165) is 51.4 Å². The molecule has 0 unspecified atom stereocenters. The van der Waals surface area contributed by atoms with Gasteiger partial charge in [0.15, 0.2) is 0 Å². The van der Waals surface area contributed by atoms with Gasteiger partial charge in [0.05, 0.1) is 0 Å². The minimum Gasteiger partial charge on any atom is -0.370 e. The fourth-order valence-electron chi connectivity index (χ4n) is 3.22. The average Bonchev–Trinajstić information content (AvgIpc) is 2.62. The van der Waals surface area contributed by atoms with Crippen LogP contribution in [0.1, 0.15) is 107 Å². The van der Waals surface area contributed by atoms with Crippen molar-refractivity contribution in [2.45, 2.75) is 131 Å². The lowest BCUT2D eigenvalue weighted by molar-refractivity contribution is -0.0327. The third kappa shape index (κ3) is 7.15. The van der Waals surface area contributed by atoms with E-state index in [4.69, 9.17) is 13.3 Å². The van der Waals surface area contributed by atoms with E-state index in [0.29, 0.717) is 5.54 Å². The van der Waals surface area contributed by atoms with E-state index >= 15 is 0 Å². The molecule has 0 aliphatic heterocycles. The SMILES string of the molecule is CCC(CC)O[Si](OC(CC)CC)(OC(CC)CC)C(CC)CC. The molecule has 3 nitrogen and oxygen atoms in total. The molecule has 0 saturated carbocycles. The molecule has 0 heterocycles. The fourth-order valence-corrected chi connectivity index (χ4v) is 7.36. The summed E-state index contributed by atoms with van der Waals surface area (Å²) < 4.78 is 20.2. The van der Waals surface area contributed by atoms with Gasteiger partial charge in [0.1, 0.15) is 0 Å². The van der Waals surface area contributed by atoms with Crippen molar-refractivity contribution in [2.24, 2.45) is 0 Å². The Balaban J connectivity index is 5.76. The van der Waals surface area contributed by atoms with Crippen LogP contribution in [0.4, 0.5) is 0 Å². The van der Waals surface area contributed by atoms with Gasteiger partial charge in [-0.1, -0.05) is 55.4 Å². The average molecular weight is 361 g/mol. The zero-order chi connectivity index (χ0) is 18.6. The molecule has 0 aliphatic rings. The molecule has 0 aromatic heterocycles. The Kier molecular flexibility index (Phi) is 13.4. The molecule has 0 radical (unpaired) electrons. The highest BCUT2D eigenvalue weighted by atomic mass is 28.4. The van der Waals surface area contributed by atoms with Crippen LogP contribution in [0.3, 0.4) is 0 Å². The van der Waals surface area contributed by atoms with E-state index in [1.807, 2.05) is 0 Å². The van der Waals surface area contributed by atoms with E-state index in [9.17, 15) is 0 Å². The van der Waals surface area contributed by atoms with Crippen LogP contribution >= 0.6 is 0 Å². The molecular weight excluding hydrogens is 316 g/mol. The molecule has 0 saturated heterocycles. The Morgan fingerprint density at radius 3 is 0.875 bits per heavy atom. The summed E-state index contributed by atoms with van der Waals surface area (Å²) in [6.07, 6.45) is 8.94. The van der Waals surface area contributed by atoms with Crippen LogP contribution in [0.5, 0.6) is 0 Å². The standard InChI is InChI=1S/C20H44O3Si/c1-9-17(10-2)21-24(20(15-7)16-8,22-18(11-3)12-4)23-19(13-5)14-6/h17-20H,9-16H2,1-8H3. The second-order valence-corrected chi connectivity index (χ2v) is 9.52. The predicted octanol–water partition coefficient (Wildman–Crippen LogP) is 6.73. The zero-order valence-electron chi connectivity index (χ0n) is 17.7. The highest BCUT2D eigenvalue weighted by Crippen LogP contribution is 2.37. The van der Waals surface area contributed by atoms with E-state index < -0.39 is 8.80 Å². The van der Waals surface area contributed by atoms with Crippen LogP contribution in [0.15, 0.2) is 0 Å². The lowest BCUT2D eigenvalue weighted by atomic mass is 10.2. The first-order valence-corrected chi connectivity index (χ1v) is 12.3. The van der Waals surface area contributed by atoms with Crippen molar-refractivity contribution in [1.29, 1.82) is 0 Å². The molecule has 0 atom stereocenters. The number of hydrogen-bond donors (Lipinski definition) is 0. The monoisotopic (exact) mass is 360 g/mol. The maximum absolute atomic E-state index is 6.74. The van der Waals surface area contributed by atoms with Gasteiger partial charge in [0.25, 0.3) is 0 Å². The van der Waals surface area contributed by atoms with Gasteiger partial charge in [0, 0.05) is 23.9 Å². The Morgan fingerprint density at radius 2 is 0.708 bits per heavy atom. The van der Waals surface area contributed by atoms with Crippen molar-refractivity contribution in [1.82, 2.24) is 0 Å². The molecule has 24 heavy (non-hydrogen) atoms. The number of rotatable bonds is 15. The zero-order valence-corrected chi connectivity index (χ0v) is 18.7. The van der Waals surface area contributed by atoms with Crippen molar-refractivity contribution in [3.63, 3.8) is 0 Å². The van der Waals surface area contributed by atoms with Gasteiger partial charge in [0.2, 0.25) is 0 Å². The highest BCUT2D eigenvalue weighted by Gasteiger charge is 2.51. The molecule has 0 bridgehead atoms. The third-order valence-electron chi connectivity index (χ3n) is 5.21. The molecule has 0 fully saturated rings. The summed E-state index contributed by atoms with van der Waals surface area (Å²) in [7, 11) is -2.74. The molecule has 0 N–H and O–H groups in total. The maximum atomic E-state index is 6.74. The van der Waals surface area contributed by atoms with Crippen LogP contribution in [0, 0.1) is 0 Å². The predicted molar refractivity (Wildman–Crippen MR) is 106 cm³/mol. The van der Waals surface area contributed by atoms with Crippen molar-refractivity contribution >= 4 is 8.80 Å². The van der Waals surface area contributed by atoms with Crippen LogP contribution < -0.4 is 0 Å². The molecule has 0 rings (SSSR count). The first-order valence-electron chi connectivity index (χ1n) is 10.5. The minimum absolute atomic E-state index is 0.237. The van der Waals surface area contributed by atoms with Gasteiger partial charge in [-0.25, -0.2) is 0 Å². The largest absolute Gasteiger partial charge is 0.504 e. The van der Waals surface area contributed by atoms with Crippen LogP contribution in [-0.4, -0.2) is 27.1 Å². The van der Waals surface area contributed by atoms with Crippen molar-refractivity contribution in [3.05, 3.63) is 0 Å². The normalized spacial score (nSPS) is 13.0. The summed E-state index contributed by atoms with van der Waals surface area (Å²) in [4.78, 5) is 0. The molecular formula is C20H44O3Si. The minimum atomic E-state index is -2.74. The summed E-state index contributed by atoms with van der Waals surface area (Å²) in [5.74, 6) is 0. The van der Waals surface area contributed by atoms with Crippen LogP contribution in [0.25, 0.3) is 0 Å². The number of hydrogen-bond acceptors (Lipinski definition) is 3. The van der Waals surface area contributed by atoms with E-state index in [-0.39, 0.29) is 18.3 Å². The second kappa shape index (κ2) is 13.3. The van der Waals surface area contributed by atoms with Crippen LogP contribution in [0.2, 0.25) is 5.54 Å². The van der Waals surface area contributed by atoms with E-state index in [2.05, 4.69) is 55.4 Å². The van der Waals surface area contributed by atoms with Crippen molar-refractivity contribution in [3.8, 4) is 0 Å². The van der Waals surface area contributed by atoms with Gasteiger partial charge in [-0.3, -0.25) is 0 Å². The highest BCUT2D eigenvalue weighted by molar-refractivity contribution is 6.62. The van der Waals surface area contributed by atoms with Crippen molar-refractivity contribution < 1.29 is 13.3 Å². The lowest BCUT2D eigenvalue weighted by Crippen LogP contribution is -2.55. The summed E-state index contributed by atoms with van der Waals surface area (Å²) >= 11 is 0. The quantitative estimate of drug-likeness (QED) is 0.303. The third-order valence-corrected chi connectivity index (χ3v) is 9.01. The molecule has 0 spiro atoms. The first kappa shape index (κ1) is 24.1. The summed E-state index contributed by atoms with van der Waals surface area (Å²) in [6.45, 7) is 17.7. The Bertz CT molecular complexity index is 247. The molecule has 0 aromatic rings. The molecule has 146 valence electrons. The molecule has 4 heteroatoms. The smallest absolute Gasteiger partial charge is 0.370 e. The van der Waals surface area contributed by atoms with Crippen molar-refractivity contribution in [2.75, 3.05) is 0 Å². The van der Waals surface area contributed by atoms with E-state index in [1.165, 1.54) is 0 Å². The van der Waals surface area contributed by atoms with Gasteiger partial charge < -0.3 is 13.3 Å². The lowest BCUT2D eigenvalue weighted by Gasteiger charge is -2.42. The Hall–Kier alpha value is 0.0969.